The molecule has 0 saturated carbocycles. The van der Waals surface area contributed by atoms with Crippen molar-refractivity contribution in [2.75, 3.05) is 0 Å². The van der Waals surface area contributed by atoms with Crippen LogP contribution in [0, 0.1) is 13.8 Å². The van der Waals surface area contributed by atoms with Crippen LogP contribution in [0.4, 0.5) is 4.79 Å². The van der Waals surface area contributed by atoms with Crippen LogP contribution in [-0.2, 0) is 11.2 Å². The van der Waals surface area contributed by atoms with Gasteiger partial charge in [0.25, 0.3) is 0 Å². The van der Waals surface area contributed by atoms with E-state index in [1.165, 1.54) is 0 Å². The molecule has 0 spiro atoms. The molecule has 2 N–H and O–H groups in total. The molecule has 1 aliphatic heterocycles. The molecule has 3 rings (SSSR count). The number of aryl methyl sites for hydroxylation is 2. The van der Waals surface area contributed by atoms with Crippen molar-refractivity contribution >= 4 is 23.7 Å². The maximum atomic E-state index is 11.7. The highest BCUT2D eigenvalue weighted by atomic mass is 32.2. The number of nitrogens with one attached hydrogen (secondary N) is 2. The molecule has 0 radical (unpaired) electrons. The molecule has 138 valence electrons. The summed E-state index contributed by atoms with van der Waals surface area (Å²) in [6, 6.07) is 5.51. The van der Waals surface area contributed by atoms with Gasteiger partial charge >= 0.3 is 6.03 Å². The second-order valence-corrected chi connectivity index (χ2v) is 8.36. The average molecular weight is 373 g/mol. The van der Waals surface area contributed by atoms with Gasteiger partial charge in [0.2, 0.25) is 5.91 Å². The van der Waals surface area contributed by atoms with Gasteiger partial charge in [-0.3, -0.25) is 14.7 Å². The maximum Gasteiger partial charge on any atom is 0.321 e. The lowest BCUT2D eigenvalue weighted by atomic mass is 10.1. The zero-order valence-corrected chi connectivity index (χ0v) is 16.2. The molecular weight excluding hydrogens is 350 g/mol. The van der Waals surface area contributed by atoms with E-state index in [4.69, 9.17) is 0 Å². The summed E-state index contributed by atoms with van der Waals surface area (Å²) in [6.45, 7) is 8.32. The van der Waals surface area contributed by atoms with Crippen molar-refractivity contribution in [3.8, 4) is 5.69 Å². The van der Waals surface area contributed by atoms with Gasteiger partial charge in [-0.15, -0.1) is 10.2 Å². The molecule has 1 unspecified atom stereocenters. The predicted octanol–water partition coefficient (Wildman–Crippen LogP) is 2.53. The minimum Gasteiger partial charge on any atom is -0.334 e. The number of carbonyl (C=O) groups excluding carboxylic acids is 2. The lowest BCUT2D eigenvalue weighted by Crippen LogP contribution is -2.53. The average Bonchev–Trinajstić information content (AvgIpc) is 2.90. The summed E-state index contributed by atoms with van der Waals surface area (Å²) in [5, 5.41) is 15.0. The van der Waals surface area contributed by atoms with Crippen LogP contribution in [0.1, 0.15) is 37.2 Å². The van der Waals surface area contributed by atoms with Crippen molar-refractivity contribution in [3.63, 3.8) is 0 Å². The van der Waals surface area contributed by atoms with E-state index in [0.717, 1.165) is 27.8 Å². The van der Waals surface area contributed by atoms with Crippen LogP contribution in [0.2, 0.25) is 0 Å². The SMILES string of the molecule is Cc1ccc(C)c(-n2c(CC3CC(=O)NC(=O)N3)nnc2SC(C)C)c1. The highest BCUT2D eigenvalue weighted by Crippen LogP contribution is 2.28. The number of carbonyl (C=O) groups is 2. The van der Waals surface area contributed by atoms with Gasteiger partial charge in [-0.25, -0.2) is 4.79 Å². The van der Waals surface area contributed by atoms with E-state index in [2.05, 4.69) is 59.8 Å². The van der Waals surface area contributed by atoms with Crippen molar-refractivity contribution in [2.24, 2.45) is 0 Å². The second kappa shape index (κ2) is 7.49. The fourth-order valence-electron chi connectivity index (χ4n) is 2.94. The van der Waals surface area contributed by atoms with Crippen LogP contribution in [0.3, 0.4) is 0 Å². The van der Waals surface area contributed by atoms with E-state index in [9.17, 15) is 9.59 Å². The molecule has 7 nitrogen and oxygen atoms in total. The number of rotatable bonds is 5. The lowest BCUT2D eigenvalue weighted by Gasteiger charge is -2.23. The van der Waals surface area contributed by atoms with Crippen molar-refractivity contribution in [1.82, 2.24) is 25.4 Å². The van der Waals surface area contributed by atoms with Crippen LogP contribution in [0.25, 0.3) is 5.69 Å². The van der Waals surface area contributed by atoms with Gasteiger partial charge in [0.1, 0.15) is 5.82 Å². The van der Waals surface area contributed by atoms with E-state index in [-0.39, 0.29) is 18.4 Å². The molecule has 0 bridgehead atoms. The Hall–Kier alpha value is -2.35. The number of aromatic nitrogens is 3. The van der Waals surface area contributed by atoms with Gasteiger partial charge in [0, 0.05) is 24.1 Å². The van der Waals surface area contributed by atoms with Gasteiger partial charge in [-0.1, -0.05) is 37.7 Å². The van der Waals surface area contributed by atoms with E-state index >= 15 is 0 Å². The molecular formula is C18H23N5O2S. The van der Waals surface area contributed by atoms with E-state index < -0.39 is 6.03 Å². The highest BCUT2D eigenvalue weighted by molar-refractivity contribution is 7.99. The first-order valence-corrected chi connectivity index (χ1v) is 9.50. The second-order valence-electron chi connectivity index (χ2n) is 6.82. The van der Waals surface area contributed by atoms with Crippen molar-refractivity contribution in [3.05, 3.63) is 35.2 Å². The zero-order chi connectivity index (χ0) is 18.8. The Balaban J connectivity index is 2.00. The fraction of sp³-hybridized carbons (Fsp3) is 0.444. The Morgan fingerprint density at radius 1 is 1.27 bits per heavy atom. The van der Waals surface area contributed by atoms with Crippen LogP contribution in [0.5, 0.6) is 0 Å². The topological polar surface area (TPSA) is 88.9 Å². The van der Waals surface area contributed by atoms with Gasteiger partial charge in [0.05, 0.1) is 5.69 Å². The third kappa shape index (κ3) is 4.07. The Bertz CT molecular complexity index is 830. The standard InChI is InChI=1S/C18H23N5O2S/c1-10(2)26-18-22-21-15(8-13-9-16(24)20-17(25)19-13)23(18)14-7-11(3)5-6-12(14)4/h5-7,10,13H,8-9H2,1-4H3,(H2,19,20,24,25). The number of hydrogen-bond acceptors (Lipinski definition) is 5. The Kier molecular flexibility index (Phi) is 5.31. The molecule has 1 fully saturated rings. The summed E-state index contributed by atoms with van der Waals surface area (Å²) in [5.74, 6) is 0.468. The first-order chi connectivity index (χ1) is 12.3. The molecule has 1 aromatic carbocycles. The number of amides is 3. The van der Waals surface area contributed by atoms with Crippen LogP contribution in [0.15, 0.2) is 23.4 Å². The first-order valence-electron chi connectivity index (χ1n) is 8.62. The predicted molar refractivity (Wildman–Crippen MR) is 101 cm³/mol. The minimum atomic E-state index is -0.458. The molecule has 1 aliphatic rings. The lowest BCUT2D eigenvalue weighted by molar-refractivity contribution is -0.121. The number of nitrogens with zero attached hydrogens (tertiary/aromatic N) is 3. The van der Waals surface area contributed by atoms with Crippen molar-refractivity contribution < 1.29 is 9.59 Å². The number of hydrogen-bond donors (Lipinski definition) is 2. The van der Waals surface area contributed by atoms with Gasteiger partial charge in [0.15, 0.2) is 5.16 Å². The summed E-state index contributed by atoms with van der Waals surface area (Å²) in [6.07, 6.45) is 0.677. The van der Waals surface area contributed by atoms with Crippen LogP contribution < -0.4 is 10.6 Å². The summed E-state index contributed by atoms with van der Waals surface area (Å²) < 4.78 is 2.05. The van der Waals surface area contributed by atoms with Crippen LogP contribution in [-0.4, -0.2) is 38.0 Å². The molecule has 1 atom stereocenters. The highest BCUT2D eigenvalue weighted by Gasteiger charge is 2.27. The van der Waals surface area contributed by atoms with Crippen molar-refractivity contribution in [2.45, 2.75) is 57.0 Å². The number of benzene rings is 1. The van der Waals surface area contributed by atoms with Gasteiger partial charge in [-0.2, -0.15) is 0 Å². The molecule has 2 heterocycles. The van der Waals surface area contributed by atoms with Crippen molar-refractivity contribution in [1.29, 1.82) is 0 Å². The molecule has 1 saturated heterocycles. The molecule has 0 aliphatic carbocycles. The Labute approximate surface area is 157 Å². The van der Waals surface area contributed by atoms with E-state index in [1.807, 2.05) is 11.5 Å². The molecule has 26 heavy (non-hydrogen) atoms. The summed E-state index contributed by atoms with van der Waals surface area (Å²) in [7, 11) is 0. The van der Waals surface area contributed by atoms with E-state index in [1.54, 1.807) is 11.8 Å². The number of thioether (sulfide) groups is 1. The third-order valence-electron chi connectivity index (χ3n) is 4.10. The summed E-state index contributed by atoms with van der Waals surface area (Å²) in [5.41, 5.74) is 3.29. The summed E-state index contributed by atoms with van der Waals surface area (Å²) in [4.78, 5) is 23.2. The zero-order valence-electron chi connectivity index (χ0n) is 15.4. The number of urea groups is 1. The molecule has 2 aromatic rings. The monoisotopic (exact) mass is 373 g/mol. The fourth-order valence-corrected chi connectivity index (χ4v) is 3.76. The van der Waals surface area contributed by atoms with Crippen LogP contribution >= 0.6 is 11.8 Å². The van der Waals surface area contributed by atoms with E-state index in [0.29, 0.717) is 11.7 Å². The maximum absolute atomic E-state index is 11.7. The molecule has 1 aromatic heterocycles. The Morgan fingerprint density at radius 2 is 2.04 bits per heavy atom. The third-order valence-corrected chi connectivity index (χ3v) is 5.04. The van der Waals surface area contributed by atoms with Gasteiger partial charge < -0.3 is 5.32 Å². The summed E-state index contributed by atoms with van der Waals surface area (Å²) >= 11 is 1.64. The largest absolute Gasteiger partial charge is 0.334 e. The minimum absolute atomic E-state index is 0.234. The molecule has 3 amide bonds. The smallest absolute Gasteiger partial charge is 0.321 e. The first kappa shape index (κ1) is 18.4. The Morgan fingerprint density at radius 3 is 2.73 bits per heavy atom. The quantitative estimate of drug-likeness (QED) is 0.786. The molecule has 8 heteroatoms. The van der Waals surface area contributed by atoms with Gasteiger partial charge in [-0.05, 0) is 31.0 Å². The number of imide groups is 1. The normalized spacial score (nSPS) is 17.3.